The number of fused-ring (bicyclic) bond motifs is 1. The van der Waals surface area contributed by atoms with Gasteiger partial charge in [0.25, 0.3) is 0 Å². The Morgan fingerprint density at radius 2 is 2.06 bits per heavy atom. The first-order chi connectivity index (χ1) is 16.2. The summed E-state index contributed by atoms with van der Waals surface area (Å²) in [4.78, 5) is 10.1. The Kier molecular flexibility index (Phi) is 6.03. The molecule has 2 unspecified atom stereocenters. The van der Waals surface area contributed by atoms with Crippen molar-refractivity contribution in [1.82, 2.24) is 20.1 Å². The molecule has 1 aromatic rings. The van der Waals surface area contributed by atoms with E-state index in [1.54, 1.807) is 11.1 Å². The van der Waals surface area contributed by atoms with E-state index in [1.165, 1.54) is 55.6 Å². The van der Waals surface area contributed by atoms with Crippen LogP contribution >= 0.6 is 0 Å². The van der Waals surface area contributed by atoms with Crippen LogP contribution < -0.4 is 10.6 Å². The largest absolute Gasteiger partial charge is 0.378 e. The molecule has 2 fully saturated rings. The van der Waals surface area contributed by atoms with E-state index in [0.717, 1.165) is 51.1 Å². The van der Waals surface area contributed by atoms with Gasteiger partial charge >= 0.3 is 0 Å². The lowest BCUT2D eigenvalue weighted by Crippen LogP contribution is -2.51. The molecule has 0 saturated carbocycles. The summed E-state index contributed by atoms with van der Waals surface area (Å²) in [7, 11) is 2.26. The molecule has 6 rings (SSSR count). The summed E-state index contributed by atoms with van der Waals surface area (Å²) < 4.78 is 5.94. The SMILES string of the molecule is CC1CNc2ncc(C3=CC4=C(CN(C5CCN(C)CC5)CC4)C([C@@H]4COCCN4)C3)cc21. The Balaban J connectivity index is 1.30. The molecule has 5 aliphatic rings. The predicted molar refractivity (Wildman–Crippen MR) is 134 cm³/mol. The molecule has 1 aliphatic carbocycles. The van der Waals surface area contributed by atoms with Crippen LogP contribution in [0.25, 0.3) is 5.57 Å². The number of nitrogens with zero attached hydrogens (tertiary/aromatic N) is 3. The molecular weight excluding hydrogens is 410 g/mol. The minimum atomic E-state index is 0.410. The van der Waals surface area contributed by atoms with E-state index in [1.807, 2.05) is 0 Å². The van der Waals surface area contributed by atoms with Gasteiger partial charge in [0.15, 0.2) is 0 Å². The number of hydrogen-bond donors (Lipinski definition) is 2. The highest BCUT2D eigenvalue weighted by molar-refractivity contribution is 5.73. The summed E-state index contributed by atoms with van der Waals surface area (Å²) in [5.41, 5.74) is 7.42. The van der Waals surface area contributed by atoms with Crippen LogP contribution in [-0.2, 0) is 4.74 Å². The van der Waals surface area contributed by atoms with Crippen LogP contribution in [0.1, 0.15) is 49.7 Å². The maximum absolute atomic E-state index is 5.94. The monoisotopic (exact) mass is 449 g/mol. The fraction of sp³-hybridized carbons (Fsp3) is 0.667. The number of pyridine rings is 1. The van der Waals surface area contributed by atoms with Crippen LogP contribution in [0.2, 0.25) is 0 Å². The molecule has 0 spiro atoms. The Hall–Kier alpha value is -1.73. The molecule has 33 heavy (non-hydrogen) atoms. The zero-order valence-corrected chi connectivity index (χ0v) is 20.3. The van der Waals surface area contributed by atoms with Gasteiger partial charge in [0, 0.05) is 56.3 Å². The second kappa shape index (κ2) is 9.14. The van der Waals surface area contributed by atoms with Crippen molar-refractivity contribution in [2.45, 2.75) is 50.6 Å². The van der Waals surface area contributed by atoms with Gasteiger partial charge in [0.2, 0.25) is 0 Å². The van der Waals surface area contributed by atoms with Crippen molar-refractivity contribution in [3.63, 3.8) is 0 Å². The molecule has 5 heterocycles. The lowest BCUT2D eigenvalue weighted by Gasteiger charge is -2.45. The van der Waals surface area contributed by atoms with E-state index in [0.29, 0.717) is 17.9 Å². The number of rotatable bonds is 3. The van der Waals surface area contributed by atoms with Crippen LogP contribution in [0.4, 0.5) is 5.82 Å². The normalized spacial score (nSPS) is 31.7. The van der Waals surface area contributed by atoms with Gasteiger partial charge in [-0.25, -0.2) is 4.98 Å². The molecule has 3 atom stereocenters. The Bertz CT molecular complexity index is 942. The first kappa shape index (κ1) is 21.8. The zero-order chi connectivity index (χ0) is 22.4. The van der Waals surface area contributed by atoms with Crippen molar-refractivity contribution in [3.05, 3.63) is 40.6 Å². The van der Waals surface area contributed by atoms with Gasteiger partial charge in [0.05, 0.1) is 13.2 Å². The third-order valence-electron chi connectivity index (χ3n) is 8.73. The Labute approximate surface area is 198 Å². The lowest BCUT2D eigenvalue weighted by atomic mass is 9.74. The summed E-state index contributed by atoms with van der Waals surface area (Å²) in [5, 5.41) is 7.26. The average molecular weight is 450 g/mol. The summed E-state index contributed by atoms with van der Waals surface area (Å²) in [6.07, 6.45) is 9.50. The molecule has 0 radical (unpaired) electrons. The van der Waals surface area contributed by atoms with Crippen molar-refractivity contribution in [3.8, 4) is 0 Å². The number of aromatic nitrogens is 1. The molecule has 2 N–H and O–H groups in total. The van der Waals surface area contributed by atoms with Crippen LogP contribution in [-0.4, -0.2) is 86.4 Å². The van der Waals surface area contributed by atoms with Crippen molar-refractivity contribution in [1.29, 1.82) is 0 Å². The first-order valence-corrected chi connectivity index (χ1v) is 13.1. The molecule has 0 amide bonds. The number of likely N-dealkylation sites (tertiary alicyclic amines) is 1. The fourth-order valence-electron chi connectivity index (χ4n) is 6.62. The maximum atomic E-state index is 5.94. The summed E-state index contributed by atoms with van der Waals surface area (Å²) in [5.74, 6) is 2.12. The Morgan fingerprint density at radius 3 is 2.88 bits per heavy atom. The molecule has 6 nitrogen and oxygen atoms in total. The minimum absolute atomic E-state index is 0.410. The molecule has 0 aromatic carbocycles. The van der Waals surface area contributed by atoms with Crippen LogP contribution in [0, 0.1) is 5.92 Å². The van der Waals surface area contributed by atoms with Gasteiger partial charge in [-0.05, 0) is 79.7 Å². The highest BCUT2D eigenvalue weighted by Gasteiger charge is 2.37. The smallest absolute Gasteiger partial charge is 0.129 e. The molecular formula is C27H39N5O. The van der Waals surface area contributed by atoms with Gasteiger partial charge in [0.1, 0.15) is 5.82 Å². The number of ether oxygens (including phenoxy) is 1. The Morgan fingerprint density at radius 1 is 1.18 bits per heavy atom. The fourth-order valence-corrected chi connectivity index (χ4v) is 6.62. The van der Waals surface area contributed by atoms with Crippen molar-refractivity contribution >= 4 is 11.4 Å². The first-order valence-electron chi connectivity index (χ1n) is 13.1. The van der Waals surface area contributed by atoms with E-state index < -0.39 is 0 Å². The summed E-state index contributed by atoms with van der Waals surface area (Å²) in [6, 6.07) is 3.56. The van der Waals surface area contributed by atoms with Gasteiger partial charge in [-0.15, -0.1) is 0 Å². The number of piperidine rings is 1. The van der Waals surface area contributed by atoms with E-state index in [2.05, 4.69) is 52.7 Å². The van der Waals surface area contributed by atoms with Crippen LogP contribution in [0.5, 0.6) is 0 Å². The van der Waals surface area contributed by atoms with Crippen molar-refractivity contribution in [2.24, 2.45) is 5.92 Å². The number of nitrogens with one attached hydrogen (secondary N) is 2. The van der Waals surface area contributed by atoms with E-state index in [-0.39, 0.29) is 0 Å². The number of allylic oxidation sites excluding steroid dienone is 2. The average Bonchev–Trinajstić information content (AvgIpc) is 3.24. The van der Waals surface area contributed by atoms with E-state index in [9.17, 15) is 0 Å². The topological polar surface area (TPSA) is 52.7 Å². The molecule has 0 bridgehead atoms. The van der Waals surface area contributed by atoms with Gasteiger partial charge < -0.3 is 20.3 Å². The standard InChI is InChI=1S/C27H39N5O/c1-18-14-29-27-23(18)13-21(15-30-27)20-11-19-3-9-32(22-4-7-31(2)8-5-22)16-25(19)24(12-20)26-17-33-10-6-28-26/h11,13,15,18,22,24,26,28H,3-10,12,14,16-17H2,1-2H3,(H,29,30)/t18?,24?,26-/m0/s1. The second-order valence-corrected chi connectivity index (χ2v) is 10.9. The minimum Gasteiger partial charge on any atom is -0.378 e. The van der Waals surface area contributed by atoms with E-state index >= 15 is 0 Å². The summed E-state index contributed by atoms with van der Waals surface area (Å²) >= 11 is 0. The number of anilines is 1. The van der Waals surface area contributed by atoms with Crippen LogP contribution in [0.15, 0.2) is 29.5 Å². The summed E-state index contributed by atoms with van der Waals surface area (Å²) in [6.45, 7) is 10.7. The molecule has 2 saturated heterocycles. The van der Waals surface area contributed by atoms with Crippen molar-refractivity contribution in [2.75, 3.05) is 64.8 Å². The highest BCUT2D eigenvalue weighted by Crippen LogP contribution is 2.42. The van der Waals surface area contributed by atoms with Gasteiger partial charge in [-0.2, -0.15) is 0 Å². The molecule has 4 aliphatic heterocycles. The van der Waals surface area contributed by atoms with Crippen molar-refractivity contribution < 1.29 is 4.74 Å². The highest BCUT2D eigenvalue weighted by atomic mass is 16.5. The molecule has 1 aromatic heterocycles. The number of hydrogen-bond acceptors (Lipinski definition) is 6. The lowest BCUT2D eigenvalue weighted by molar-refractivity contribution is 0.0586. The van der Waals surface area contributed by atoms with E-state index in [4.69, 9.17) is 9.72 Å². The second-order valence-electron chi connectivity index (χ2n) is 10.9. The van der Waals surface area contributed by atoms with Crippen LogP contribution in [0.3, 0.4) is 0 Å². The number of morpholine rings is 1. The third kappa shape index (κ3) is 4.27. The third-order valence-corrected chi connectivity index (χ3v) is 8.73. The zero-order valence-electron chi connectivity index (χ0n) is 20.3. The van der Waals surface area contributed by atoms with Gasteiger partial charge in [-0.1, -0.05) is 13.0 Å². The maximum Gasteiger partial charge on any atom is 0.129 e. The molecule has 178 valence electrons. The van der Waals surface area contributed by atoms with Gasteiger partial charge in [-0.3, -0.25) is 4.90 Å². The quantitative estimate of drug-likeness (QED) is 0.740. The molecule has 6 heteroatoms. The predicted octanol–water partition coefficient (Wildman–Crippen LogP) is 3.10.